The Kier molecular flexibility index (Phi) is 6.93. The number of rotatable bonds is 6. The summed E-state index contributed by atoms with van der Waals surface area (Å²) in [6.07, 6.45) is 0. The van der Waals surface area contributed by atoms with Crippen LogP contribution in [-0.2, 0) is 9.59 Å². The summed E-state index contributed by atoms with van der Waals surface area (Å²) >= 11 is 0. The molecular weight excluding hydrogens is 464 g/mol. The molecule has 3 aromatic rings. The van der Waals surface area contributed by atoms with Crippen LogP contribution in [0, 0.1) is 31.4 Å². The second kappa shape index (κ2) is 9.93. The molecule has 0 bridgehead atoms. The van der Waals surface area contributed by atoms with Gasteiger partial charge in [-0.2, -0.15) is 0 Å². The first kappa shape index (κ1) is 25.1. The maximum absolute atomic E-state index is 14.8. The monoisotopic (exact) mass is 491 g/mol. The van der Waals surface area contributed by atoms with Crippen molar-refractivity contribution in [3.05, 3.63) is 100 Å². The molecule has 3 aromatic carbocycles. The highest BCUT2D eigenvalue weighted by Gasteiger charge is 2.47. The zero-order valence-corrected chi connectivity index (χ0v) is 20.5. The van der Waals surface area contributed by atoms with E-state index in [9.17, 15) is 23.5 Å². The maximum Gasteiger partial charge on any atom is 0.300 e. The molecule has 186 valence electrons. The van der Waals surface area contributed by atoms with Gasteiger partial charge in [0.25, 0.3) is 11.7 Å². The van der Waals surface area contributed by atoms with Crippen LogP contribution in [0.4, 0.5) is 14.5 Å². The first-order valence-corrected chi connectivity index (χ1v) is 11.6. The normalized spacial score (nSPS) is 17.2. The highest BCUT2D eigenvalue weighted by atomic mass is 19.1. The number of aliphatic hydroxyl groups excluding tert-OH is 1. The van der Waals surface area contributed by atoms with Gasteiger partial charge in [-0.3, -0.25) is 14.5 Å². The molecule has 1 aliphatic heterocycles. The van der Waals surface area contributed by atoms with Crippen molar-refractivity contribution in [2.75, 3.05) is 11.5 Å². The minimum Gasteiger partial charge on any atom is -0.507 e. The van der Waals surface area contributed by atoms with E-state index in [2.05, 4.69) is 0 Å². The van der Waals surface area contributed by atoms with E-state index < -0.39 is 35.1 Å². The predicted molar refractivity (Wildman–Crippen MR) is 134 cm³/mol. The lowest BCUT2D eigenvalue weighted by Crippen LogP contribution is -2.30. The van der Waals surface area contributed by atoms with Crippen LogP contribution >= 0.6 is 0 Å². The summed E-state index contributed by atoms with van der Waals surface area (Å²) in [7, 11) is 0. The number of aryl methyl sites for hydroxylation is 2. The Morgan fingerprint density at radius 3 is 2.44 bits per heavy atom. The van der Waals surface area contributed by atoms with Crippen LogP contribution in [0.15, 0.2) is 66.2 Å². The molecule has 1 aliphatic rings. The van der Waals surface area contributed by atoms with Crippen molar-refractivity contribution in [1.82, 2.24) is 0 Å². The predicted octanol–water partition coefficient (Wildman–Crippen LogP) is 6.24. The van der Waals surface area contributed by atoms with Gasteiger partial charge in [-0.25, -0.2) is 8.78 Å². The quantitative estimate of drug-likeness (QED) is 0.252. The molecule has 1 fully saturated rings. The van der Waals surface area contributed by atoms with Crippen LogP contribution in [0.3, 0.4) is 0 Å². The van der Waals surface area contributed by atoms with Crippen LogP contribution in [0.2, 0.25) is 0 Å². The fraction of sp³-hybridized carbons (Fsp3) is 0.241. The Balaban J connectivity index is 1.89. The minimum atomic E-state index is -1.15. The molecular formula is C29H27F2NO4. The van der Waals surface area contributed by atoms with Crippen LogP contribution in [0.5, 0.6) is 5.75 Å². The molecule has 1 N–H and O–H groups in total. The van der Waals surface area contributed by atoms with Crippen molar-refractivity contribution >= 4 is 23.1 Å². The Morgan fingerprint density at radius 1 is 1.03 bits per heavy atom. The summed E-state index contributed by atoms with van der Waals surface area (Å²) in [5.74, 6) is -3.11. The topological polar surface area (TPSA) is 66.8 Å². The number of hydrogen-bond acceptors (Lipinski definition) is 4. The Hall–Kier alpha value is -4.00. The second-order valence-electron chi connectivity index (χ2n) is 9.36. The summed E-state index contributed by atoms with van der Waals surface area (Å²) in [5.41, 5.74) is 1.77. The summed E-state index contributed by atoms with van der Waals surface area (Å²) in [6.45, 7) is 8.22. The molecule has 0 aliphatic carbocycles. The zero-order valence-electron chi connectivity index (χ0n) is 20.5. The standard InChI is InChI=1S/C29H27F2NO4/c1-16(2)15-36-24-11-8-20(13-18(24)4)27(33)25-26(19-7-5-6-17(3)12-19)32(29(35)28(25)34)23-14-21(30)9-10-22(23)31/h5-14,16,26,33H,15H2,1-4H3/b27-25+. The van der Waals surface area contributed by atoms with Gasteiger partial charge in [0, 0.05) is 11.6 Å². The van der Waals surface area contributed by atoms with E-state index in [1.807, 2.05) is 33.8 Å². The molecule has 1 heterocycles. The van der Waals surface area contributed by atoms with E-state index >= 15 is 0 Å². The molecule has 7 heteroatoms. The van der Waals surface area contributed by atoms with Gasteiger partial charge in [-0.15, -0.1) is 0 Å². The lowest BCUT2D eigenvalue weighted by atomic mass is 9.93. The molecule has 1 unspecified atom stereocenters. The summed E-state index contributed by atoms with van der Waals surface area (Å²) in [5, 5.41) is 11.3. The van der Waals surface area contributed by atoms with Crippen LogP contribution in [0.25, 0.3) is 5.76 Å². The molecule has 36 heavy (non-hydrogen) atoms. The van der Waals surface area contributed by atoms with Crippen LogP contribution < -0.4 is 9.64 Å². The van der Waals surface area contributed by atoms with Crippen LogP contribution in [0.1, 0.15) is 42.1 Å². The molecule has 0 radical (unpaired) electrons. The molecule has 5 nitrogen and oxygen atoms in total. The van der Waals surface area contributed by atoms with E-state index in [4.69, 9.17) is 4.74 Å². The lowest BCUT2D eigenvalue weighted by molar-refractivity contribution is -0.132. The third-order valence-electron chi connectivity index (χ3n) is 5.99. The number of benzene rings is 3. The number of halogens is 2. The number of carbonyl (C=O) groups excluding carboxylic acids is 2. The van der Waals surface area contributed by atoms with Gasteiger partial charge in [0.1, 0.15) is 23.1 Å². The zero-order chi connectivity index (χ0) is 26.1. The summed E-state index contributed by atoms with van der Waals surface area (Å²) in [6, 6.07) is 13.5. The second-order valence-corrected chi connectivity index (χ2v) is 9.36. The number of hydrogen-bond donors (Lipinski definition) is 1. The number of ketones is 1. The molecule has 1 atom stereocenters. The van der Waals surface area contributed by atoms with E-state index in [1.54, 1.807) is 36.4 Å². The fourth-order valence-corrected chi connectivity index (χ4v) is 4.28. The van der Waals surface area contributed by atoms with Crippen molar-refractivity contribution in [2.24, 2.45) is 5.92 Å². The van der Waals surface area contributed by atoms with Gasteiger partial charge < -0.3 is 9.84 Å². The lowest BCUT2D eigenvalue weighted by Gasteiger charge is -2.26. The maximum atomic E-state index is 14.8. The van der Waals surface area contributed by atoms with Crippen molar-refractivity contribution in [2.45, 2.75) is 33.7 Å². The highest BCUT2D eigenvalue weighted by molar-refractivity contribution is 6.51. The number of ether oxygens (including phenoxy) is 1. The number of amides is 1. The largest absolute Gasteiger partial charge is 0.507 e. The average Bonchev–Trinajstić information content (AvgIpc) is 3.09. The van der Waals surface area contributed by atoms with E-state index in [0.29, 0.717) is 29.4 Å². The minimum absolute atomic E-state index is 0.204. The molecule has 1 amide bonds. The van der Waals surface area contributed by atoms with Crippen LogP contribution in [-0.4, -0.2) is 23.4 Å². The molecule has 0 aromatic heterocycles. The van der Waals surface area contributed by atoms with Crippen molar-refractivity contribution in [3.63, 3.8) is 0 Å². The van der Waals surface area contributed by atoms with Crippen molar-refractivity contribution < 1.29 is 28.2 Å². The summed E-state index contributed by atoms with van der Waals surface area (Å²) < 4.78 is 34.7. The number of aliphatic hydroxyl groups is 1. The van der Waals surface area contributed by atoms with Gasteiger partial charge in [0.05, 0.1) is 23.9 Å². The molecule has 0 spiro atoms. The average molecular weight is 492 g/mol. The smallest absolute Gasteiger partial charge is 0.300 e. The van der Waals surface area contributed by atoms with Crippen molar-refractivity contribution in [3.8, 4) is 5.75 Å². The van der Waals surface area contributed by atoms with E-state index in [-0.39, 0.29) is 11.3 Å². The van der Waals surface area contributed by atoms with Gasteiger partial charge in [-0.1, -0.05) is 43.7 Å². The Bertz CT molecular complexity index is 1380. The Labute approximate surface area is 208 Å². The fourth-order valence-electron chi connectivity index (χ4n) is 4.28. The number of carbonyl (C=O) groups is 2. The number of anilines is 1. The van der Waals surface area contributed by atoms with Gasteiger partial charge in [0.2, 0.25) is 0 Å². The third kappa shape index (κ3) is 4.73. The van der Waals surface area contributed by atoms with Gasteiger partial charge in [-0.05, 0) is 61.2 Å². The molecule has 4 rings (SSSR count). The first-order chi connectivity index (χ1) is 17.1. The highest BCUT2D eigenvalue weighted by Crippen LogP contribution is 2.43. The van der Waals surface area contributed by atoms with Gasteiger partial charge in [0.15, 0.2) is 0 Å². The van der Waals surface area contributed by atoms with E-state index in [0.717, 1.165) is 34.2 Å². The molecule has 1 saturated heterocycles. The first-order valence-electron chi connectivity index (χ1n) is 11.6. The van der Waals surface area contributed by atoms with Gasteiger partial charge >= 0.3 is 0 Å². The number of nitrogens with zero attached hydrogens (tertiary/aromatic N) is 1. The Morgan fingerprint density at radius 2 is 1.78 bits per heavy atom. The summed E-state index contributed by atoms with van der Waals surface area (Å²) in [4.78, 5) is 27.3. The number of Topliss-reactive ketones (excluding diaryl/α,β-unsaturated/α-hetero) is 1. The SMILES string of the molecule is Cc1cccc(C2/C(=C(\O)c3ccc(OCC(C)C)c(C)c3)C(=O)C(=O)N2c2cc(F)ccc2F)c1. The third-order valence-corrected chi connectivity index (χ3v) is 5.99. The van der Waals surface area contributed by atoms with E-state index in [1.165, 1.54) is 0 Å². The van der Waals surface area contributed by atoms with Crippen molar-refractivity contribution in [1.29, 1.82) is 0 Å². The molecule has 0 saturated carbocycles.